The van der Waals surface area contributed by atoms with E-state index in [9.17, 15) is 18.8 Å². The summed E-state index contributed by atoms with van der Waals surface area (Å²) in [6.07, 6.45) is 0.571. The highest BCUT2D eigenvalue weighted by molar-refractivity contribution is 6.37. The van der Waals surface area contributed by atoms with Gasteiger partial charge in [0, 0.05) is 19.5 Å². The third-order valence-corrected chi connectivity index (χ3v) is 4.47. The Bertz CT molecular complexity index is 868. The largest absolute Gasteiger partial charge is 0.356 e. The summed E-state index contributed by atoms with van der Waals surface area (Å²) in [5, 5.41) is 2.95. The lowest BCUT2D eigenvalue weighted by molar-refractivity contribution is -0.121. The molecule has 7 heteroatoms. The predicted octanol–water partition coefficient (Wildman–Crippen LogP) is 2.82. The summed E-state index contributed by atoms with van der Waals surface area (Å²) < 4.78 is 12.8. The summed E-state index contributed by atoms with van der Waals surface area (Å²) >= 11 is 5.99. The van der Waals surface area contributed by atoms with Crippen molar-refractivity contribution in [2.75, 3.05) is 13.1 Å². The number of nitrogens with zero attached hydrogens (tertiary/aromatic N) is 1. The zero-order valence-corrected chi connectivity index (χ0v) is 14.6. The fourth-order valence-electron chi connectivity index (χ4n) is 2.79. The normalized spacial score (nSPS) is 13.1. The van der Waals surface area contributed by atoms with Crippen molar-refractivity contribution in [3.63, 3.8) is 0 Å². The Hall–Kier alpha value is -2.73. The zero-order chi connectivity index (χ0) is 18.7. The Morgan fingerprint density at radius 1 is 1.08 bits per heavy atom. The summed E-state index contributed by atoms with van der Waals surface area (Å²) in [7, 11) is 0. The number of benzene rings is 2. The second kappa shape index (κ2) is 7.66. The molecule has 0 saturated heterocycles. The molecule has 134 valence electrons. The van der Waals surface area contributed by atoms with Gasteiger partial charge in [-0.15, -0.1) is 0 Å². The van der Waals surface area contributed by atoms with Gasteiger partial charge < -0.3 is 5.32 Å². The van der Waals surface area contributed by atoms with E-state index in [1.807, 2.05) is 0 Å². The van der Waals surface area contributed by atoms with E-state index in [1.165, 1.54) is 12.1 Å². The van der Waals surface area contributed by atoms with Gasteiger partial charge in [-0.3, -0.25) is 19.3 Å². The molecule has 1 heterocycles. The third kappa shape index (κ3) is 3.75. The molecular weight excluding hydrogens is 359 g/mol. The lowest BCUT2D eigenvalue weighted by Gasteiger charge is -2.13. The number of amides is 3. The topological polar surface area (TPSA) is 66.5 Å². The first-order valence-electron chi connectivity index (χ1n) is 8.13. The number of halogens is 2. The van der Waals surface area contributed by atoms with Crippen molar-refractivity contribution in [2.45, 2.75) is 12.8 Å². The molecule has 1 aliphatic rings. The molecule has 2 aromatic carbocycles. The summed E-state index contributed by atoms with van der Waals surface area (Å²) in [5.74, 6) is -1.49. The van der Waals surface area contributed by atoms with Crippen molar-refractivity contribution < 1.29 is 18.8 Å². The summed E-state index contributed by atoms with van der Waals surface area (Å²) in [4.78, 5) is 37.6. The van der Waals surface area contributed by atoms with E-state index in [0.29, 0.717) is 13.0 Å². The Balaban J connectivity index is 1.49. The molecule has 0 aliphatic carbocycles. The van der Waals surface area contributed by atoms with E-state index in [-0.39, 0.29) is 40.8 Å². The van der Waals surface area contributed by atoms with Crippen LogP contribution in [0.4, 0.5) is 4.39 Å². The van der Waals surface area contributed by atoms with Crippen molar-refractivity contribution in [1.82, 2.24) is 10.2 Å². The molecule has 0 fully saturated rings. The van der Waals surface area contributed by atoms with Crippen LogP contribution in [0.2, 0.25) is 5.02 Å². The Morgan fingerprint density at radius 3 is 2.50 bits per heavy atom. The maximum atomic E-state index is 12.8. The molecule has 26 heavy (non-hydrogen) atoms. The van der Waals surface area contributed by atoms with Crippen LogP contribution in [0.5, 0.6) is 0 Å². The standard InChI is InChI=1S/C19H16ClFN2O3/c20-15-3-1-2-14-17(15)19(26)23(18(14)25)11-9-16(24)22-10-8-12-4-6-13(21)7-5-12/h1-7H,8-11H2,(H,22,24). The van der Waals surface area contributed by atoms with Gasteiger partial charge in [-0.25, -0.2) is 4.39 Å². The SMILES string of the molecule is O=C(CCN1C(=O)c2cccc(Cl)c2C1=O)NCCc1ccc(F)cc1. The highest BCUT2D eigenvalue weighted by Crippen LogP contribution is 2.29. The number of hydrogen-bond acceptors (Lipinski definition) is 3. The van der Waals surface area contributed by atoms with Crippen LogP contribution in [0, 0.1) is 5.82 Å². The lowest BCUT2D eigenvalue weighted by atomic mass is 10.1. The van der Waals surface area contributed by atoms with Crippen LogP contribution in [0.15, 0.2) is 42.5 Å². The minimum Gasteiger partial charge on any atom is -0.356 e. The minimum atomic E-state index is -0.477. The molecule has 0 radical (unpaired) electrons. The smallest absolute Gasteiger partial charge is 0.263 e. The van der Waals surface area contributed by atoms with Crippen LogP contribution in [-0.2, 0) is 11.2 Å². The summed E-state index contributed by atoms with van der Waals surface area (Å²) in [6, 6.07) is 10.8. The molecule has 0 unspecified atom stereocenters. The second-order valence-electron chi connectivity index (χ2n) is 5.90. The first-order valence-corrected chi connectivity index (χ1v) is 8.51. The first-order chi connectivity index (χ1) is 12.5. The summed E-state index contributed by atoms with van der Waals surface area (Å²) in [6.45, 7) is 0.378. The van der Waals surface area contributed by atoms with E-state index in [1.54, 1.807) is 30.3 Å². The third-order valence-electron chi connectivity index (χ3n) is 4.16. The molecule has 0 saturated carbocycles. The van der Waals surface area contributed by atoms with E-state index in [2.05, 4.69) is 5.32 Å². The Labute approximate surface area is 154 Å². The van der Waals surface area contributed by atoms with Crippen LogP contribution < -0.4 is 5.32 Å². The van der Waals surface area contributed by atoms with Crippen LogP contribution >= 0.6 is 11.6 Å². The zero-order valence-electron chi connectivity index (χ0n) is 13.8. The predicted molar refractivity (Wildman–Crippen MR) is 94.5 cm³/mol. The lowest BCUT2D eigenvalue weighted by Crippen LogP contribution is -2.35. The molecule has 5 nitrogen and oxygen atoms in total. The van der Waals surface area contributed by atoms with E-state index < -0.39 is 11.8 Å². The fraction of sp³-hybridized carbons (Fsp3) is 0.211. The molecule has 1 N–H and O–H groups in total. The second-order valence-corrected chi connectivity index (χ2v) is 6.31. The van der Waals surface area contributed by atoms with Crippen molar-refractivity contribution in [3.05, 3.63) is 70.0 Å². The van der Waals surface area contributed by atoms with Gasteiger partial charge in [0.2, 0.25) is 5.91 Å². The number of carbonyl (C=O) groups excluding carboxylic acids is 3. The maximum Gasteiger partial charge on any atom is 0.263 e. The van der Waals surface area contributed by atoms with E-state index in [4.69, 9.17) is 11.6 Å². The van der Waals surface area contributed by atoms with Crippen LogP contribution in [0.1, 0.15) is 32.7 Å². The highest BCUT2D eigenvalue weighted by Gasteiger charge is 2.36. The number of carbonyl (C=O) groups is 3. The minimum absolute atomic E-state index is 0.00645. The molecular formula is C19H16ClFN2O3. The van der Waals surface area contributed by atoms with Gasteiger partial charge in [0.05, 0.1) is 16.1 Å². The molecule has 0 bridgehead atoms. The molecule has 0 spiro atoms. The van der Waals surface area contributed by atoms with Crippen molar-refractivity contribution in [2.24, 2.45) is 0 Å². The number of fused-ring (bicyclic) bond motifs is 1. The quantitative estimate of drug-likeness (QED) is 0.791. The van der Waals surface area contributed by atoms with Gasteiger partial charge >= 0.3 is 0 Å². The monoisotopic (exact) mass is 374 g/mol. The van der Waals surface area contributed by atoms with Crippen molar-refractivity contribution in [3.8, 4) is 0 Å². The van der Waals surface area contributed by atoms with Gasteiger partial charge in [0.25, 0.3) is 11.8 Å². The average Bonchev–Trinajstić information content (AvgIpc) is 2.87. The van der Waals surface area contributed by atoms with Crippen molar-refractivity contribution in [1.29, 1.82) is 0 Å². The van der Waals surface area contributed by atoms with Gasteiger partial charge in [-0.1, -0.05) is 29.8 Å². The van der Waals surface area contributed by atoms with Crippen LogP contribution in [-0.4, -0.2) is 35.7 Å². The highest BCUT2D eigenvalue weighted by atomic mass is 35.5. The molecule has 0 atom stereocenters. The summed E-state index contributed by atoms with van der Waals surface area (Å²) in [5.41, 5.74) is 1.36. The number of nitrogens with one attached hydrogen (secondary N) is 1. The maximum absolute atomic E-state index is 12.8. The van der Waals surface area contributed by atoms with Gasteiger partial charge in [-0.2, -0.15) is 0 Å². The molecule has 3 rings (SSSR count). The van der Waals surface area contributed by atoms with E-state index in [0.717, 1.165) is 10.5 Å². The van der Waals surface area contributed by atoms with Gasteiger partial charge in [-0.05, 0) is 36.2 Å². The average molecular weight is 375 g/mol. The van der Waals surface area contributed by atoms with E-state index >= 15 is 0 Å². The molecule has 0 aromatic heterocycles. The molecule has 1 aliphatic heterocycles. The van der Waals surface area contributed by atoms with Crippen LogP contribution in [0.25, 0.3) is 0 Å². The molecule has 3 amide bonds. The van der Waals surface area contributed by atoms with Gasteiger partial charge in [0.1, 0.15) is 5.82 Å². The number of hydrogen-bond donors (Lipinski definition) is 1. The Morgan fingerprint density at radius 2 is 1.81 bits per heavy atom. The fourth-order valence-corrected chi connectivity index (χ4v) is 3.05. The Kier molecular flexibility index (Phi) is 5.32. The van der Waals surface area contributed by atoms with Crippen LogP contribution in [0.3, 0.4) is 0 Å². The molecule has 2 aromatic rings. The first kappa shape index (κ1) is 18.1. The van der Waals surface area contributed by atoms with Gasteiger partial charge in [0.15, 0.2) is 0 Å². The number of imide groups is 1. The number of rotatable bonds is 6. The van der Waals surface area contributed by atoms with Crippen molar-refractivity contribution >= 4 is 29.3 Å².